The number of nitrogens with zero attached hydrogens (tertiary/aromatic N) is 1. The van der Waals surface area contributed by atoms with Gasteiger partial charge in [0, 0.05) is 17.9 Å². The van der Waals surface area contributed by atoms with E-state index in [-0.39, 0.29) is 12.5 Å². The van der Waals surface area contributed by atoms with Crippen LogP contribution >= 0.6 is 15.9 Å². The van der Waals surface area contributed by atoms with Crippen molar-refractivity contribution in [3.05, 3.63) is 34.3 Å². The number of carbonyl (C=O) groups excluding carboxylic acids is 2. The summed E-state index contributed by atoms with van der Waals surface area (Å²) in [5, 5.41) is 0. The third kappa shape index (κ3) is 6.38. The Balaban J connectivity index is 2.21. The van der Waals surface area contributed by atoms with Gasteiger partial charge in [-0.25, -0.2) is 0 Å². The predicted molar refractivity (Wildman–Crippen MR) is 78.5 cm³/mol. The van der Waals surface area contributed by atoms with E-state index in [1.807, 2.05) is 12.1 Å². The van der Waals surface area contributed by atoms with Crippen molar-refractivity contribution in [1.82, 2.24) is 4.90 Å². The van der Waals surface area contributed by atoms with Gasteiger partial charge in [-0.05, 0) is 37.0 Å². The average Bonchev–Trinajstić information content (AvgIpc) is 2.35. The molecule has 0 radical (unpaired) electrons. The molecule has 0 saturated carbocycles. The number of nitrogens with two attached hydrogens (primary N) is 1. The largest absolute Gasteiger partial charge is 0.368 e. The Hall–Kier alpha value is -1.36. The van der Waals surface area contributed by atoms with Crippen molar-refractivity contribution in [2.24, 2.45) is 5.73 Å². The third-order valence-electron chi connectivity index (χ3n) is 2.84. The highest BCUT2D eigenvalue weighted by molar-refractivity contribution is 9.10. The van der Waals surface area contributed by atoms with E-state index in [1.54, 1.807) is 7.05 Å². The van der Waals surface area contributed by atoms with E-state index in [0.717, 1.165) is 23.7 Å². The zero-order valence-corrected chi connectivity index (χ0v) is 12.6. The number of unbranched alkanes of at least 4 members (excludes halogenated alkanes) is 1. The lowest BCUT2D eigenvalue weighted by Crippen LogP contribution is -2.35. The third-order valence-corrected chi connectivity index (χ3v) is 3.37. The number of carbonyl (C=O) groups is 2. The van der Waals surface area contributed by atoms with Gasteiger partial charge in [0.05, 0.1) is 6.54 Å². The second kappa shape index (κ2) is 7.94. The van der Waals surface area contributed by atoms with E-state index in [0.29, 0.717) is 6.42 Å². The molecule has 2 amide bonds. The van der Waals surface area contributed by atoms with Crippen LogP contribution in [0.5, 0.6) is 0 Å². The monoisotopic (exact) mass is 326 g/mol. The van der Waals surface area contributed by atoms with Crippen molar-refractivity contribution in [1.29, 1.82) is 0 Å². The maximum Gasteiger partial charge on any atom is 0.237 e. The van der Waals surface area contributed by atoms with Crippen molar-refractivity contribution >= 4 is 27.7 Å². The van der Waals surface area contributed by atoms with Gasteiger partial charge in [-0.2, -0.15) is 0 Å². The Bertz CT molecular complexity index is 432. The van der Waals surface area contributed by atoms with Crippen molar-refractivity contribution in [3.63, 3.8) is 0 Å². The molecule has 1 aromatic carbocycles. The number of hydrogen-bond acceptors (Lipinski definition) is 2. The number of primary amides is 1. The molecule has 1 aromatic rings. The van der Waals surface area contributed by atoms with Gasteiger partial charge in [-0.15, -0.1) is 0 Å². The quantitative estimate of drug-likeness (QED) is 0.780. The van der Waals surface area contributed by atoms with E-state index >= 15 is 0 Å². The minimum atomic E-state index is -0.481. The number of likely N-dealkylation sites (N-methyl/N-ethyl adjacent to an activating group) is 1. The van der Waals surface area contributed by atoms with Crippen LogP contribution in [0, 0.1) is 0 Å². The van der Waals surface area contributed by atoms with Gasteiger partial charge >= 0.3 is 0 Å². The summed E-state index contributed by atoms with van der Waals surface area (Å²) in [6.45, 7) is -0.00839. The van der Waals surface area contributed by atoms with Crippen LogP contribution in [-0.4, -0.2) is 30.3 Å². The van der Waals surface area contributed by atoms with Crippen LogP contribution in [0.3, 0.4) is 0 Å². The second-order valence-electron chi connectivity index (χ2n) is 4.55. The molecule has 4 nitrogen and oxygen atoms in total. The van der Waals surface area contributed by atoms with E-state index in [2.05, 4.69) is 28.1 Å². The van der Waals surface area contributed by atoms with Crippen LogP contribution in [-0.2, 0) is 16.0 Å². The summed E-state index contributed by atoms with van der Waals surface area (Å²) in [4.78, 5) is 23.7. The zero-order chi connectivity index (χ0) is 14.3. The van der Waals surface area contributed by atoms with Crippen molar-refractivity contribution in [2.45, 2.75) is 25.7 Å². The molecule has 0 aliphatic heterocycles. The Kier molecular flexibility index (Phi) is 6.56. The Morgan fingerprint density at radius 2 is 1.84 bits per heavy atom. The minimum absolute atomic E-state index is 0.00839. The summed E-state index contributed by atoms with van der Waals surface area (Å²) in [6, 6.07) is 8.18. The van der Waals surface area contributed by atoms with E-state index < -0.39 is 5.91 Å². The molecule has 0 fully saturated rings. The number of aryl methyl sites for hydroxylation is 1. The minimum Gasteiger partial charge on any atom is -0.368 e. The van der Waals surface area contributed by atoms with E-state index in [1.165, 1.54) is 10.5 Å². The molecule has 0 spiro atoms. The average molecular weight is 327 g/mol. The standard InChI is InChI=1S/C14H19BrN2O2/c1-17(10-13(16)18)14(19)5-3-2-4-11-6-8-12(15)9-7-11/h6-9H,2-5,10H2,1H3,(H2,16,18). The highest BCUT2D eigenvalue weighted by atomic mass is 79.9. The molecule has 0 saturated heterocycles. The van der Waals surface area contributed by atoms with Gasteiger partial charge in [0.15, 0.2) is 0 Å². The molecule has 5 heteroatoms. The van der Waals surface area contributed by atoms with Gasteiger partial charge in [-0.1, -0.05) is 28.1 Å². The SMILES string of the molecule is CN(CC(N)=O)C(=O)CCCCc1ccc(Br)cc1. The number of rotatable bonds is 7. The number of hydrogen-bond donors (Lipinski definition) is 1. The van der Waals surface area contributed by atoms with Crippen LogP contribution in [0.15, 0.2) is 28.7 Å². The fraction of sp³-hybridized carbons (Fsp3) is 0.429. The van der Waals surface area contributed by atoms with Crippen molar-refractivity contribution < 1.29 is 9.59 Å². The molecule has 0 aromatic heterocycles. The fourth-order valence-corrected chi connectivity index (χ4v) is 2.03. The molecule has 2 N–H and O–H groups in total. The van der Waals surface area contributed by atoms with Crippen LogP contribution in [0.2, 0.25) is 0 Å². The smallest absolute Gasteiger partial charge is 0.237 e. The summed E-state index contributed by atoms with van der Waals surface area (Å²) in [5.41, 5.74) is 6.30. The predicted octanol–water partition coefficient (Wildman–Crippen LogP) is 2.11. The molecular weight excluding hydrogens is 308 g/mol. The maximum absolute atomic E-state index is 11.6. The number of amides is 2. The Labute approximate surface area is 122 Å². The first kappa shape index (κ1) is 15.7. The summed E-state index contributed by atoms with van der Waals surface area (Å²) < 4.78 is 1.07. The highest BCUT2D eigenvalue weighted by Crippen LogP contribution is 2.13. The van der Waals surface area contributed by atoms with Gasteiger partial charge in [-0.3, -0.25) is 9.59 Å². The fourth-order valence-electron chi connectivity index (χ4n) is 1.77. The normalized spacial score (nSPS) is 10.2. The number of halogens is 1. The summed E-state index contributed by atoms with van der Waals surface area (Å²) >= 11 is 3.39. The first-order chi connectivity index (χ1) is 8.99. The van der Waals surface area contributed by atoms with Crippen molar-refractivity contribution in [3.8, 4) is 0 Å². The maximum atomic E-state index is 11.6. The Morgan fingerprint density at radius 3 is 2.42 bits per heavy atom. The first-order valence-electron chi connectivity index (χ1n) is 6.25. The molecule has 0 unspecified atom stereocenters. The topological polar surface area (TPSA) is 63.4 Å². The molecule has 0 bridgehead atoms. The molecule has 0 aliphatic rings. The first-order valence-corrected chi connectivity index (χ1v) is 7.05. The molecule has 0 atom stereocenters. The van der Waals surface area contributed by atoms with Crippen LogP contribution in [0.25, 0.3) is 0 Å². The number of benzene rings is 1. The molecule has 19 heavy (non-hydrogen) atoms. The van der Waals surface area contributed by atoms with Crippen molar-refractivity contribution in [2.75, 3.05) is 13.6 Å². The molecule has 0 heterocycles. The van der Waals surface area contributed by atoms with Gasteiger partial charge in [0.25, 0.3) is 0 Å². The summed E-state index contributed by atoms with van der Waals surface area (Å²) in [6.07, 6.45) is 3.19. The molecule has 1 rings (SSSR count). The molecule has 104 valence electrons. The van der Waals surface area contributed by atoms with E-state index in [9.17, 15) is 9.59 Å². The lowest BCUT2D eigenvalue weighted by molar-refractivity contribution is -0.133. The lowest BCUT2D eigenvalue weighted by atomic mass is 10.1. The van der Waals surface area contributed by atoms with Gasteiger partial charge < -0.3 is 10.6 Å². The highest BCUT2D eigenvalue weighted by Gasteiger charge is 2.10. The van der Waals surface area contributed by atoms with Gasteiger partial charge in [0.2, 0.25) is 11.8 Å². The molecular formula is C14H19BrN2O2. The molecule has 0 aliphatic carbocycles. The summed E-state index contributed by atoms with van der Waals surface area (Å²) in [5.74, 6) is -0.514. The van der Waals surface area contributed by atoms with E-state index in [4.69, 9.17) is 5.73 Å². The van der Waals surface area contributed by atoms with Crippen LogP contribution in [0.1, 0.15) is 24.8 Å². The summed E-state index contributed by atoms with van der Waals surface area (Å²) in [7, 11) is 1.60. The second-order valence-corrected chi connectivity index (χ2v) is 5.47. The lowest BCUT2D eigenvalue weighted by Gasteiger charge is -2.14. The van der Waals surface area contributed by atoms with Crippen LogP contribution in [0.4, 0.5) is 0 Å². The Morgan fingerprint density at radius 1 is 1.21 bits per heavy atom. The zero-order valence-electron chi connectivity index (χ0n) is 11.1. The van der Waals surface area contributed by atoms with Crippen LogP contribution < -0.4 is 5.73 Å². The van der Waals surface area contributed by atoms with Gasteiger partial charge in [0.1, 0.15) is 0 Å².